The van der Waals surface area contributed by atoms with E-state index in [4.69, 9.17) is 9.47 Å². The highest BCUT2D eigenvalue weighted by Crippen LogP contribution is 2.30. The van der Waals surface area contributed by atoms with Crippen LogP contribution in [0.25, 0.3) is 10.9 Å². The maximum absolute atomic E-state index is 14.8. The first-order valence-corrected chi connectivity index (χ1v) is 11.6. The second-order valence-electron chi connectivity index (χ2n) is 8.39. The van der Waals surface area contributed by atoms with Crippen LogP contribution in [0.4, 0.5) is 26.4 Å². The van der Waals surface area contributed by atoms with E-state index in [1.807, 2.05) is 0 Å². The van der Waals surface area contributed by atoms with Crippen molar-refractivity contribution in [3.63, 3.8) is 0 Å². The van der Waals surface area contributed by atoms with Crippen molar-refractivity contribution in [3.8, 4) is 5.75 Å². The summed E-state index contributed by atoms with van der Waals surface area (Å²) in [7, 11) is 1.57. The van der Waals surface area contributed by atoms with Gasteiger partial charge in [0.2, 0.25) is 0 Å². The number of carbonyl (C=O) groups excluding carboxylic acids is 1. The molecule has 0 atom stereocenters. The summed E-state index contributed by atoms with van der Waals surface area (Å²) in [5.74, 6) is 0.976. The molecule has 8 nitrogen and oxygen atoms in total. The van der Waals surface area contributed by atoms with Gasteiger partial charge in [-0.25, -0.2) is 19.2 Å². The van der Waals surface area contributed by atoms with Gasteiger partial charge in [-0.05, 0) is 36.6 Å². The van der Waals surface area contributed by atoms with Gasteiger partial charge >= 0.3 is 6.03 Å². The number of benzene rings is 2. The number of halogens is 1. The summed E-state index contributed by atoms with van der Waals surface area (Å²) in [5, 5.41) is 9.15. The summed E-state index contributed by atoms with van der Waals surface area (Å²) in [6.07, 6.45) is 7.55. The van der Waals surface area contributed by atoms with Crippen LogP contribution in [0.3, 0.4) is 0 Å². The second-order valence-corrected chi connectivity index (χ2v) is 8.39. The number of fused-ring (bicyclic) bond motifs is 1. The number of rotatable bonds is 10. The smallest absolute Gasteiger partial charge is 0.319 e. The van der Waals surface area contributed by atoms with Crippen LogP contribution in [-0.2, 0) is 4.74 Å². The molecule has 2 aromatic carbocycles. The molecule has 2 amide bonds. The van der Waals surface area contributed by atoms with Crippen molar-refractivity contribution in [2.45, 2.75) is 32.1 Å². The molecule has 1 fully saturated rings. The van der Waals surface area contributed by atoms with Crippen molar-refractivity contribution in [2.24, 2.45) is 5.92 Å². The van der Waals surface area contributed by atoms with E-state index in [1.54, 1.807) is 37.4 Å². The number of hydrogen-bond acceptors (Lipinski definition) is 6. The molecule has 0 bridgehead atoms. The highest BCUT2D eigenvalue weighted by atomic mass is 19.1. The first-order chi connectivity index (χ1) is 16.6. The van der Waals surface area contributed by atoms with E-state index in [0.29, 0.717) is 48.2 Å². The molecule has 1 heterocycles. The molecule has 0 radical (unpaired) electrons. The Labute approximate surface area is 198 Å². The molecule has 0 saturated heterocycles. The molecule has 0 spiro atoms. The van der Waals surface area contributed by atoms with E-state index in [1.165, 1.54) is 38.1 Å². The third-order valence-electron chi connectivity index (χ3n) is 5.94. The average Bonchev–Trinajstić information content (AvgIpc) is 3.34. The number of carbonyl (C=O) groups is 1. The zero-order chi connectivity index (χ0) is 23.8. The van der Waals surface area contributed by atoms with Crippen molar-refractivity contribution in [1.29, 1.82) is 0 Å². The van der Waals surface area contributed by atoms with Gasteiger partial charge in [0.1, 0.15) is 30.3 Å². The summed E-state index contributed by atoms with van der Waals surface area (Å²) in [4.78, 5) is 20.5. The van der Waals surface area contributed by atoms with Gasteiger partial charge in [-0.3, -0.25) is 0 Å². The van der Waals surface area contributed by atoms with Gasteiger partial charge in [0.15, 0.2) is 0 Å². The fourth-order valence-corrected chi connectivity index (χ4v) is 4.18. The van der Waals surface area contributed by atoms with Gasteiger partial charge < -0.3 is 25.4 Å². The lowest BCUT2D eigenvalue weighted by Crippen LogP contribution is -2.30. The Morgan fingerprint density at radius 3 is 2.62 bits per heavy atom. The average molecular weight is 468 g/mol. The molecular weight excluding hydrogens is 437 g/mol. The lowest BCUT2D eigenvalue weighted by molar-refractivity contribution is 0.146. The molecule has 1 aromatic heterocycles. The van der Waals surface area contributed by atoms with Crippen LogP contribution in [-0.4, -0.2) is 42.9 Å². The molecule has 0 unspecified atom stereocenters. The highest BCUT2D eigenvalue weighted by molar-refractivity contribution is 5.92. The summed E-state index contributed by atoms with van der Waals surface area (Å²) < 4.78 is 25.3. The Bertz CT molecular complexity index is 1100. The number of urea groups is 1. The number of aromatic nitrogens is 2. The summed E-state index contributed by atoms with van der Waals surface area (Å²) in [6.45, 7) is 1.40. The monoisotopic (exact) mass is 467 g/mol. The van der Waals surface area contributed by atoms with E-state index in [0.717, 1.165) is 12.3 Å². The van der Waals surface area contributed by atoms with E-state index in [-0.39, 0.29) is 11.4 Å². The Hall–Kier alpha value is -3.46. The molecule has 1 aliphatic rings. The highest BCUT2D eigenvalue weighted by Gasteiger charge is 2.15. The van der Waals surface area contributed by atoms with Gasteiger partial charge in [0, 0.05) is 37.2 Å². The molecule has 9 heteroatoms. The fourth-order valence-electron chi connectivity index (χ4n) is 4.18. The van der Waals surface area contributed by atoms with Crippen LogP contribution >= 0.6 is 0 Å². The molecule has 0 aliphatic heterocycles. The zero-order valence-electron chi connectivity index (χ0n) is 19.3. The van der Waals surface area contributed by atoms with Crippen LogP contribution in [0.5, 0.6) is 5.75 Å². The number of nitrogens with one attached hydrogen (secondary N) is 3. The van der Waals surface area contributed by atoms with Crippen LogP contribution in [0, 0.1) is 11.7 Å². The van der Waals surface area contributed by atoms with E-state index >= 15 is 0 Å². The Kier molecular flexibility index (Phi) is 8.08. The van der Waals surface area contributed by atoms with Crippen molar-refractivity contribution in [2.75, 3.05) is 37.5 Å². The third kappa shape index (κ3) is 6.32. The van der Waals surface area contributed by atoms with Crippen molar-refractivity contribution >= 4 is 34.1 Å². The lowest BCUT2D eigenvalue weighted by atomic mass is 10.0. The number of anilines is 3. The molecular formula is C25H30FN5O3. The van der Waals surface area contributed by atoms with Crippen molar-refractivity contribution in [1.82, 2.24) is 15.3 Å². The molecule has 34 heavy (non-hydrogen) atoms. The van der Waals surface area contributed by atoms with Gasteiger partial charge in [0.25, 0.3) is 0 Å². The first kappa shape index (κ1) is 23.7. The van der Waals surface area contributed by atoms with Crippen LogP contribution in [0.2, 0.25) is 0 Å². The first-order valence-electron chi connectivity index (χ1n) is 11.6. The fraction of sp³-hybridized carbons (Fsp3) is 0.400. The van der Waals surface area contributed by atoms with E-state index in [2.05, 4.69) is 25.9 Å². The predicted octanol–water partition coefficient (Wildman–Crippen LogP) is 5.24. The number of amides is 2. The maximum atomic E-state index is 14.8. The van der Waals surface area contributed by atoms with Crippen molar-refractivity contribution in [3.05, 3.63) is 48.5 Å². The van der Waals surface area contributed by atoms with Gasteiger partial charge in [0.05, 0.1) is 17.5 Å². The van der Waals surface area contributed by atoms with Gasteiger partial charge in [-0.15, -0.1) is 0 Å². The quantitative estimate of drug-likeness (QED) is 0.353. The molecule has 4 rings (SSSR count). The number of methoxy groups -OCH3 is 1. The summed E-state index contributed by atoms with van der Waals surface area (Å²) >= 11 is 0. The molecule has 3 N–H and O–H groups in total. The van der Waals surface area contributed by atoms with Crippen LogP contribution in [0.15, 0.2) is 42.7 Å². The topological polar surface area (TPSA) is 97.4 Å². The molecule has 3 aromatic rings. The largest absolute Gasteiger partial charge is 0.491 e. The summed E-state index contributed by atoms with van der Waals surface area (Å²) in [5.41, 5.74) is 1.80. The Balaban J connectivity index is 1.36. The minimum Gasteiger partial charge on any atom is -0.491 e. The van der Waals surface area contributed by atoms with E-state index < -0.39 is 5.82 Å². The number of ether oxygens (including phenoxy) is 2. The number of hydrogen-bond donors (Lipinski definition) is 3. The van der Waals surface area contributed by atoms with E-state index in [9.17, 15) is 9.18 Å². The molecule has 180 valence electrons. The molecule has 1 saturated carbocycles. The summed E-state index contributed by atoms with van der Waals surface area (Å²) in [6, 6.07) is 9.90. The van der Waals surface area contributed by atoms with Gasteiger partial charge in [-0.1, -0.05) is 25.7 Å². The minimum absolute atomic E-state index is 0.217. The predicted molar refractivity (Wildman–Crippen MR) is 130 cm³/mol. The third-order valence-corrected chi connectivity index (χ3v) is 5.94. The SMILES string of the molecule is COCCOc1cc(F)c2c(Nc3ccc(NC(=O)NCCC4CCCC4)cc3)ncnc2c1. The van der Waals surface area contributed by atoms with Crippen molar-refractivity contribution < 1.29 is 18.7 Å². The second kappa shape index (κ2) is 11.6. The number of nitrogens with zero attached hydrogens (tertiary/aromatic N) is 2. The lowest BCUT2D eigenvalue weighted by Gasteiger charge is -2.12. The standard InChI is InChI=1S/C25H30FN5O3/c1-33-12-13-34-20-14-21(26)23-22(15-20)28-16-29-24(23)30-18-6-8-19(9-7-18)31-25(32)27-11-10-17-4-2-3-5-17/h6-9,14-17H,2-5,10-13H2,1H3,(H2,27,31,32)(H,28,29,30). The van der Waals surface area contributed by atoms with Gasteiger partial charge in [-0.2, -0.15) is 0 Å². The normalized spacial score (nSPS) is 13.7. The van der Waals surface area contributed by atoms with Crippen LogP contribution in [0.1, 0.15) is 32.1 Å². The maximum Gasteiger partial charge on any atom is 0.319 e. The Morgan fingerprint density at radius 2 is 1.85 bits per heavy atom. The minimum atomic E-state index is -0.486. The Morgan fingerprint density at radius 1 is 1.09 bits per heavy atom. The molecule has 1 aliphatic carbocycles. The van der Waals surface area contributed by atoms with Crippen LogP contribution < -0.4 is 20.7 Å². The zero-order valence-corrected chi connectivity index (χ0v) is 19.3.